The minimum atomic E-state index is -4.57. The van der Waals surface area contributed by atoms with Gasteiger partial charge in [-0.25, -0.2) is 0 Å². The standard InChI is InChI=1S/C33H26F3NO2/c1-21(2)23-15-13-22(14-16-23)20-39-26-9-5-8-24(17-26)31-28-11-6-12-30(33(34,35)36)32(28)37-18-29(31)27-10-4-3-7-25(27)19-38/h3-19,21H,20H2,1-2H3. The number of halogens is 3. The monoisotopic (exact) mass is 525 g/mol. The molecule has 0 N–H and O–H groups in total. The number of pyridine rings is 1. The highest BCUT2D eigenvalue weighted by molar-refractivity contribution is 6.05. The zero-order valence-corrected chi connectivity index (χ0v) is 21.5. The molecule has 39 heavy (non-hydrogen) atoms. The Morgan fingerprint density at radius 3 is 2.33 bits per heavy atom. The van der Waals surface area contributed by atoms with E-state index in [4.69, 9.17) is 4.74 Å². The van der Waals surface area contributed by atoms with Crippen LogP contribution in [0.25, 0.3) is 33.2 Å². The normalized spacial score (nSPS) is 11.6. The molecule has 5 aromatic rings. The SMILES string of the molecule is CC(C)c1ccc(COc2cccc(-c3c(-c4ccccc4C=O)cnc4c(C(F)(F)F)cccc34)c2)cc1. The molecule has 0 aliphatic rings. The van der Waals surface area contributed by atoms with E-state index >= 15 is 0 Å². The molecule has 0 radical (unpaired) electrons. The minimum absolute atomic E-state index is 0.149. The van der Waals surface area contributed by atoms with Gasteiger partial charge in [0.15, 0.2) is 6.29 Å². The van der Waals surface area contributed by atoms with Crippen molar-refractivity contribution in [2.24, 2.45) is 0 Å². The second-order valence-electron chi connectivity index (χ2n) is 9.66. The molecular formula is C33H26F3NO2. The van der Waals surface area contributed by atoms with E-state index in [1.807, 2.05) is 36.4 Å². The van der Waals surface area contributed by atoms with E-state index < -0.39 is 11.7 Å². The summed E-state index contributed by atoms with van der Waals surface area (Å²) in [6.45, 7) is 4.62. The molecular weight excluding hydrogens is 499 g/mol. The van der Waals surface area contributed by atoms with Crippen LogP contribution in [0, 0.1) is 0 Å². The molecule has 0 spiro atoms. The lowest BCUT2D eigenvalue weighted by atomic mass is 9.90. The molecule has 0 aliphatic carbocycles. The molecule has 0 atom stereocenters. The first-order valence-electron chi connectivity index (χ1n) is 12.6. The lowest BCUT2D eigenvalue weighted by Gasteiger charge is -2.18. The second-order valence-corrected chi connectivity index (χ2v) is 9.66. The summed E-state index contributed by atoms with van der Waals surface area (Å²) < 4.78 is 47.7. The van der Waals surface area contributed by atoms with Gasteiger partial charge in [0.25, 0.3) is 0 Å². The largest absolute Gasteiger partial charge is 0.489 e. The summed E-state index contributed by atoms with van der Waals surface area (Å²) in [5, 5.41) is 0.337. The van der Waals surface area contributed by atoms with Gasteiger partial charge in [-0.05, 0) is 46.4 Å². The number of benzene rings is 4. The predicted molar refractivity (Wildman–Crippen MR) is 148 cm³/mol. The lowest BCUT2D eigenvalue weighted by molar-refractivity contribution is -0.136. The Morgan fingerprint density at radius 1 is 0.872 bits per heavy atom. The van der Waals surface area contributed by atoms with Crippen LogP contribution in [0.4, 0.5) is 13.2 Å². The average molecular weight is 526 g/mol. The Hall–Kier alpha value is -4.45. The van der Waals surface area contributed by atoms with E-state index in [2.05, 4.69) is 31.0 Å². The third-order valence-corrected chi connectivity index (χ3v) is 6.76. The zero-order valence-electron chi connectivity index (χ0n) is 21.5. The van der Waals surface area contributed by atoms with Crippen LogP contribution in [-0.4, -0.2) is 11.3 Å². The number of carbonyl (C=O) groups is 1. The Kier molecular flexibility index (Phi) is 7.20. The zero-order chi connectivity index (χ0) is 27.6. The summed E-state index contributed by atoms with van der Waals surface area (Å²) in [4.78, 5) is 16.1. The van der Waals surface area contributed by atoms with Crippen molar-refractivity contribution < 1.29 is 22.7 Å². The molecule has 0 unspecified atom stereocenters. The van der Waals surface area contributed by atoms with Crippen LogP contribution in [0.15, 0.2) is 97.2 Å². The molecule has 196 valence electrons. The third-order valence-electron chi connectivity index (χ3n) is 6.76. The van der Waals surface area contributed by atoms with Gasteiger partial charge in [0.1, 0.15) is 12.4 Å². The van der Waals surface area contributed by atoms with Crippen molar-refractivity contribution in [3.05, 3.63) is 119 Å². The maximum atomic E-state index is 13.9. The fraction of sp³-hybridized carbons (Fsp3) is 0.152. The molecule has 0 fully saturated rings. The Balaban J connectivity index is 1.63. The van der Waals surface area contributed by atoms with Crippen LogP contribution in [0.5, 0.6) is 5.75 Å². The van der Waals surface area contributed by atoms with Gasteiger partial charge in [0.2, 0.25) is 0 Å². The molecule has 6 heteroatoms. The van der Waals surface area contributed by atoms with Crippen molar-refractivity contribution in [1.82, 2.24) is 4.98 Å². The number of ether oxygens (including phenoxy) is 1. The number of hydrogen-bond donors (Lipinski definition) is 0. The molecule has 0 aliphatic heterocycles. The van der Waals surface area contributed by atoms with E-state index in [-0.39, 0.29) is 5.52 Å². The van der Waals surface area contributed by atoms with Crippen LogP contribution in [0.3, 0.4) is 0 Å². The van der Waals surface area contributed by atoms with E-state index in [9.17, 15) is 18.0 Å². The van der Waals surface area contributed by atoms with Crippen molar-refractivity contribution in [2.75, 3.05) is 0 Å². The molecule has 0 saturated carbocycles. The summed E-state index contributed by atoms with van der Waals surface area (Å²) >= 11 is 0. The number of para-hydroxylation sites is 1. The van der Waals surface area contributed by atoms with Crippen LogP contribution in [0.2, 0.25) is 0 Å². The first-order valence-corrected chi connectivity index (χ1v) is 12.6. The molecule has 0 bridgehead atoms. The van der Waals surface area contributed by atoms with E-state index in [1.165, 1.54) is 17.8 Å². The number of aldehydes is 1. The molecule has 0 saturated heterocycles. The van der Waals surface area contributed by atoms with Gasteiger partial charge in [-0.15, -0.1) is 0 Å². The first kappa shape index (κ1) is 26.2. The number of hydrogen-bond acceptors (Lipinski definition) is 3. The van der Waals surface area contributed by atoms with Crippen molar-refractivity contribution >= 4 is 17.2 Å². The van der Waals surface area contributed by atoms with E-state index in [1.54, 1.807) is 30.3 Å². The molecule has 3 nitrogen and oxygen atoms in total. The number of fused-ring (bicyclic) bond motifs is 1. The third kappa shape index (κ3) is 5.41. The lowest BCUT2D eigenvalue weighted by Crippen LogP contribution is -2.07. The van der Waals surface area contributed by atoms with Gasteiger partial charge in [-0.1, -0.05) is 86.6 Å². The number of rotatable bonds is 7. The fourth-order valence-electron chi connectivity index (χ4n) is 4.72. The van der Waals surface area contributed by atoms with Crippen LogP contribution in [0.1, 0.15) is 46.8 Å². The van der Waals surface area contributed by atoms with Crippen molar-refractivity contribution in [1.29, 1.82) is 0 Å². The Morgan fingerprint density at radius 2 is 1.62 bits per heavy atom. The Labute approximate surface area is 224 Å². The number of nitrogens with zero attached hydrogens (tertiary/aromatic N) is 1. The van der Waals surface area contributed by atoms with Crippen molar-refractivity contribution in [3.8, 4) is 28.0 Å². The highest BCUT2D eigenvalue weighted by Crippen LogP contribution is 2.42. The Bertz CT molecular complexity index is 1640. The van der Waals surface area contributed by atoms with Crippen LogP contribution < -0.4 is 4.74 Å². The van der Waals surface area contributed by atoms with Crippen LogP contribution >= 0.6 is 0 Å². The van der Waals surface area contributed by atoms with E-state index in [0.29, 0.717) is 51.5 Å². The first-order chi connectivity index (χ1) is 18.8. The molecule has 1 aromatic heterocycles. The quantitative estimate of drug-likeness (QED) is 0.199. The topological polar surface area (TPSA) is 39.2 Å². The van der Waals surface area contributed by atoms with Gasteiger partial charge in [0, 0.05) is 28.3 Å². The van der Waals surface area contributed by atoms with Crippen molar-refractivity contribution in [3.63, 3.8) is 0 Å². The molecule has 0 amide bonds. The van der Waals surface area contributed by atoms with Crippen LogP contribution in [-0.2, 0) is 12.8 Å². The summed E-state index contributed by atoms with van der Waals surface area (Å²) in [5.41, 5.74) is 4.07. The van der Waals surface area contributed by atoms with Gasteiger partial charge >= 0.3 is 6.18 Å². The van der Waals surface area contributed by atoms with E-state index in [0.717, 1.165) is 17.9 Å². The van der Waals surface area contributed by atoms with Gasteiger partial charge in [0.05, 0.1) is 11.1 Å². The van der Waals surface area contributed by atoms with Gasteiger partial charge in [-0.3, -0.25) is 9.78 Å². The molecule has 4 aromatic carbocycles. The average Bonchev–Trinajstić information content (AvgIpc) is 2.95. The molecule has 5 rings (SSSR count). The maximum absolute atomic E-state index is 13.9. The number of aromatic nitrogens is 1. The summed E-state index contributed by atoms with van der Waals surface area (Å²) in [6, 6.07) is 26.5. The predicted octanol–water partition coefficient (Wildman–Crippen LogP) is 9.10. The van der Waals surface area contributed by atoms with Crippen molar-refractivity contribution in [2.45, 2.75) is 32.5 Å². The summed E-state index contributed by atoms with van der Waals surface area (Å²) in [7, 11) is 0. The fourth-order valence-corrected chi connectivity index (χ4v) is 4.72. The number of alkyl halides is 3. The highest BCUT2D eigenvalue weighted by Gasteiger charge is 2.34. The van der Waals surface area contributed by atoms with Gasteiger partial charge < -0.3 is 4.74 Å². The minimum Gasteiger partial charge on any atom is -0.489 e. The second kappa shape index (κ2) is 10.7. The number of carbonyl (C=O) groups excluding carboxylic acids is 1. The highest BCUT2D eigenvalue weighted by atomic mass is 19.4. The summed E-state index contributed by atoms with van der Waals surface area (Å²) in [6.07, 6.45) is -2.42. The molecule has 1 heterocycles. The summed E-state index contributed by atoms with van der Waals surface area (Å²) in [5.74, 6) is 1.01. The smallest absolute Gasteiger partial charge is 0.418 e. The van der Waals surface area contributed by atoms with Gasteiger partial charge in [-0.2, -0.15) is 13.2 Å². The maximum Gasteiger partial charge on any atom is 0.418 e.